The summed E-state index contributed by atoms with van der Waals surface area (Å²) in [6, 6.07) is 15.1. The smallest absolute Gasteiger partial charge is 0.197 e. The first-order valence-corrected chi connectivity index (χ1v) is 14.9. The van der Waals surface area contributed by atoms with Crippen molar-refractivity contribution in [2.24, 2.45) is 0 Å². The molecule has 5 aromatic heterocycles. The van der Waals surface area contributed by atoms with Gasteiger partial charge in [0.15, 0.2) is 17.3 Å². The van der Waals surface area contributed by atoms with Crippen molar-refractivity contribution in [1.82, 2.24) is 54.5 Å². The number of para-hydroxylation sites is 1. The number of nitrogens with zero attached hydrogens (tertiary/aromatic N) is 12. The van der Waals surface area contributed by atoms with Gasteiger partial charge in [-0.15, -0.1) is 10.2 Å². The Kier molecular flexibility index (Phi) is 5.82. The largest absolute Gasteiger partial charge is 0.365 e. The third-order valence-electron chi connectivity index (χ3n) is 8.68. The number of benzene rings is 2. The van der Waals surface area contributed by atoms with Gasteiger partial charge in [-0.05, 0) is 48.9 Å². The number of hydrogen-bond acceptors (Lipinski definition) is 10. The summed E-state index contributed by atoms with van der Waals surface area (Å²) in [5.41, 5.74) is 4.23. The van der Waals surface area contributed by atoms with E-state index in [0.29, 0.717) is 48.7 Å². The number of rotatable bonds is 2. The summed E-state index contributed by atoms with van der Waals surface area (Å²) in [6.07, 6.45) is 3.66. The molecule has 0 amide bonds. The minimum atomic E-state index is -0.744. The molecule has 228 valence electrons. The van der Waals surface area contributed by atoms with Gasteiger partial charge in [0.05, 0.1) is 40.9 Å². The number of anilines is 2. The maximum Gasteiger partial charge on any atom is 0.197 e. The van der Waals surface area contributed by atoms with Gasteiger partial charge in [-0.1, -0.05) is 18.2 Å². The van der Waals surface area contributed by atoms with Crippen LogP contribution in [0.15, 0.2) is 67.1 Å². The number of hydrogen-bond donors (Lipinski definition) is 1. The van der Waals surface area contributed by atoms with E-state index in [0.717, 1.165) is 40.0 Å². The van der Waals surface area contributed by atoms with Gasteiger partial charge in [0.25, 0.3) is 0 Å². The van der Waals surface area contributed by atoms with Gasteiger partial charge < -0.3 is 14.8 Å². The van der Waals surface area contributed by atoms with Crippen molar-refractivity contribution in [3.8, 4) is 16.9 Å². The second kappa shape index (κ2) is 10.1. The molecule has 2 aromatic carbocycles. The van der Waals surface area contributed by atoms with E-state index < -0.39 is 11.6 Å². The lowest BCUT2D eigenvalue weighted by molar-refractivity contribution is 0.469. The van der Waals surface area contributed by atoms with Crippen molar-refractivity contribution in [3.05, 3.63) is 90.4 Å². The number of tetrazole rings is 1. The van der Waals surface area contributed by atoms with E-state index in [-0.39, 0.29) is 17.8 Å². The Morgan fingerprint density at radius 1 is 0.978 bits per heavy atom. The normalized spacial score (nSPS) is 17.7. The van der Waals surface area contributed by atoms with Crippen LogP contribution in [-0.2, 0) is 13.1 Å². The molecule has 0 radical (unpaired) electrons. The lowest BCUT2D eigenvalue weighted by Crippen LogP contribution is -2.28. The zero-order valence-corrected chi connectivity index (χ0v) is 24.5. The van der Waals surface area contributed by atoms with Gasteiger partial charge in [-0.3, -0.25) is 0 Å². The third-order valence-corrected chi connectivity index (χ3v) is 8.68. The molecule has 1 fully saturated rings. The fraction of sp³-hybridized carbons (Fsp3) is 0.226. The van der Waals surface area contributed by atoms with E-state index in [4.69, 9.17) is 15.1 Å². The van der Waals surface area contributed by atoms with Crippen LogP contribution in [0.5, 0.6) is 0 Å². The Morgan fingerprint density at radius 2 is 1.89 bits per heavy atom. The van der Waals surface area contributed by atoms with Gasteiger partial charge in [-0.25, -0.2) is 33.4 Å². The van der Waals surface area contributed by atoms with Crippen molar-refractivity contribution in [2.75, 3.05) is 16.8 Å². The van der Waals surface area contributed by atoms with Crippen molar-refractivity contribution >= 4 is 33.7 Å². The van der Waals surface area contributed by atoms with Gasteiger partial charge in [0, 0.05) is 30.8 Å². The quantitative estimate of drug-likeness (QED) is 0.300. The molecule has 15 heteroatoms. The predicted molar refractivity (Wildman–Crippen MR) is 164 cm³/mol. The fourth-order valence-corrected chi connectivity index (χ4v) is 6.64. The molecule has 2 aliphatic heterocycles. The maximum atomic E-state index is 14.8. The number of aromatic nitrogens is 11. The third kappa shape index (κ3) is 4.18. The summed E-state index contributed by atoms with van der Waals surface area (Å²) in [7, 11) is 0. The molecule has 1 saturated heterocycles. The fourth-order valence-electron chi connectivity index (χ4n) is 6.64. The zero-order valence-electron chi connectivity index (χ0n) is 24.5. The number of fused-ring (bicyclic) bond motifs is 9. The zero-order chi connectivity index (χ0) is 30.9. The lowest BCUT2D eigenvalue weighted by atomic mass is 10.1. The van der Waals surface area contributed by atoms with Gasteiger partial charge in [0.1, 0.15) is 35.3 Å². The minimum absolute atomic E-state index is 0.0528. The van der Waals surface area contributed by atoms with Gasteiger partial charge in [-0.2, -0.15) is 9.90 Å². The lowest BCUT2D eigenvalue weighted by Gasteiger charge is -2.23. The summed E-state index contributed by atoms with van der Waals surface area (Å²) in [5, 5.41) is 22.4. The van der Waals surface area contributed by atoms with E-state index in [1.807, 2.05) is 37.3 Å². The SMILES string of the molecule is Cc1nc2cccc3c2n1CCn1nnc(n1)[C@@H]1C[C@@H](CN1c1ncnc2c1cnn2-c1ccc(F)cc1F)Nc1cccc-3n1. The van der Waals surface area contributed by atoms with E-state index >= 15 is 0 Å². The summed E-state index contributed by atoms with van der Waals surface area (Å²) in [6.45, 7) is 3.61. The Morgan fingerprint density at radius 3 is 2.80 bits per heavy atom. The van der Waals surface area contributed by atoms with Crippen molar-refractivity contribution < 1.29 is 8.78 Å². The van der Waals surface area contributed by atoms with Crippen molar-refractivity contribution in [1.29, 1.82) is 0 Å². The first kappa shape index (κ1) is 26.5. The number of aryl methyl sites for hydroxylation is 3. The topological polar surface area (TPSA) is 133 Å². The molecule has 7 heterocycles. The Bertz CT molecular complexity index is 2290. The molecular formula is C31H25F2N13. The van der Waals surface area contributed by atoms with E-state index in [1.54, 1.807) is 11.0 Å². The van der Waals surface area contributed by atoms with Crippen LogP contribution in [0.2, 0.25) is 0 Å². The molecule has 2 atom stereocenters. The summed E-state index contributed by atoms with van der Waals surface area (Å²) < 4.78 is 31.9. The highest BCUT2D eigenvalue weighted by Gasteiger charge is 2.38. The number of nitrogens with one attached hydrogen (secondary N) is 1. The van der Waals surface area contributed by atoms with Gasteiger partial charge in [0.2, 0.25) is 0 Å². The number of imidazole rings is 1. The second-order valence-corrected chi connectivity index (χ2v) is 11.5. The van der Waals surface area contributed by atoms with E-state index in [2.05, 4.69) is 46.2 Å². The molecule has 46 heavy (non-hydrogen) atoms. The predicted octanol–water partition coefficient (Wildman–Crippen LogP) is 4.25. The summed E-state index contributed by atoms with van der Waals surface area (Å²) >= 11 is 0. The molecule has 0 saturated carbocycles. The monoisotopic (exact) mass is 617 g/mol. The Hall–Kier alpha value is -5.86. The number of halogens is 2. The summed E-state index contributed by atoms with van der Waals surface area (Å²) in [5.74, 6) is 1.36. The van der Waals surface area contributed by atoms with Crippen molar-refractivity contribution in [2.45, 2.75) is 38.5 Å². The van der Waals surface area contributed by atoms with Crippen molar-refractivity contribution in [3.63, 3.8) is 0 Å². The molecule has 0 spiro atoms. The van der Waals surface area contributed by atoms with E-state index in [1.165, 1.54) is 23.1 Å². The van der Waals surface area contributed by atoms with Crippen LogP contribution in [-0.4, -0.2) is 67.1 Å². The molecule has 1 N–H and O–H groups in total. The molecule has 13 nitrogen and oxygen atoms in total. The Balaban J connectivity index is 1.15. The van der Waals surface area contributed by atoms with Crippen LogP contribution in [0, 0.1) is 18.6 Å². The molecule has 0 aliphatic carbocycles. The molecule has 7 aromatic rings. The Labute approximate surface area is 259 Å². The van der Waals surface area contributed by atoms with Crippen LogP contribution in [0.3, 0.4) is 0 Å². The maximum absolute atomic E-state index is 14.8. The highest BCUT2D eigenvalue weighted by molar-refractivity contribution is 5.92. The first-order chi connectivity index (χ1) is 22.5. The molecular weight excluding hydrogens is 592 g/mol. The summed E-state index contributed by atoms with van der Waals surface area (Å²) in [4.78, 5) is 22.6. The first-order valence-electron chi connectivity index (χ1n) is 14.9. The van der Waals surface area contributed by atoms with Crippen LogP contribution in [0.1, 0.15) is 24.1 Å². The minimum Gasteiger partial charge on any atom is -0.365 e. The average molecular weight is 618 g/mol. The molecule has 0 unspecified atom stereocenters. The average Bonchev–Trinajstić information content (AvgIpc) is 3.84. The molecule has 9 rings (SSSR count). The van der Waals surface area contributed by atoms with Crippen LogP contribution in [0.25, 0.3) is 39.0 Å². The molecule has 2 aliphatic rings. The van der Waals surface area contributed by atoms with E-state index in [9.17, 15) is 8.78 Å². The standard InChI is InChI=1S/C31H25F2N13/c1-17-37-24-6-2-4-20-23-5-3-7-27(39-23)38-19-13-26(29-40-42-45(41-29)11-10-43(17)28(20)24)44(15-19)30-21-14-36-46(31(21)35-16-34-30)25-9-8-18(32)12-22(25)33/h2-9,12,14,16,19,26H,10-11,13,15H2,1H3,(H,38,39)/t19-,26-/m0/s1. The van der Waals surface area contributed by atoms with Gasteiger partial charge >= 0.3 is 0 Å². The van der Waals surface area contributed by atoms with Crippen LogP contribution >= 0.6 is 0 Å². The highest BCUT2D eigenvalue weighted by atomic mass is 19.1. The molecule has 6 bridgehead atoms. The van der Waals surface area contributed by atoms with Crippen LogP contribution < -0.4 is 10.2 Å². The second-order valence-electron chi connectivity index (χ2n) is 11.5. The number of pyridine rings is 1. The van der Waals surface area contributed by atoms with Crippen LogP contribution in [0.4, 0.5) is 20.4 Å². The highest BCUT2D eigenvalue weighted by Crippen LogP contribution is 2.38.